The van der Waals surface area contributed by atoms with Gasteiger partial charge in [0, 0.05) is 35.1 Å². The molecule has 3 rings (SSSR count). The molecule has 0 fully saturated rings. The number of rotatable bonds is 6. The molecule has 7 heteroatoms. The maximum Gasteiger partial charge on any atom is 0.191 e. The lowest BCUT2D eigenvalue weighted by molar-refractivity contribution is 0.0616. The van der Waals surface area contributed by atoms with E-state index >= 15 is 0 Å². The number of aryl methyl sites for hydroxylation is 2. The van der Waals surface area contributed by atoms with Crippen molar-refractivity contribution in [3.63, 3.8) is 0 Å². The first-order chi connectivity index (χ1) is 13.2. The third-order valence-electron chi connectivity index (χ3n) is 5.31. The number of hydrogen-bond donors (Lipinski definition) is 3. The van der Waals surface area contributed by atoms with Gasteiger partial charge in [-0.15, -0.1) is 11.3 Å². The van der Waals surface area contributed by atoms with Crippen molar-refractivity contribution in [3.8, 4) is 0 Å². The molecular formula is C21H33N5OS. The third-order valence-corrected chi connectivity index (χ3v) is 6.53. The lowest BCUT2D eigenvalue weighted by atomic mass is 9.77. The Labute approximate surface area is 172 Å². The zero-order valence-corrected chi connectivity index (χ0v) is 18.5. The summed E-state index contributed by atoms with van der Waals surface area (Å²) in [6, 6.07) is 2.33. The molecule has 1 atom stereocenters. The van der Waals surface area contributed by atoms with Crippen LogP contribution in [0.3, 0.4) is 0 Å². The highest BCUT2D eigenvalue weighted by Crippen LogP contribution is 2.38. The fourth-order valence-electron chi connectivity index (χ4n) is 3.58. The molecule has 1 unspecified atom stereocenters. The number of aliphatic hydroxyl groups is 1. The molecule has 28 heavy (non-hydrogen) atoms. The summed E-state index contributed by atoms with van der Waals surface area (Å²) in [6.45, 7) is 10.3. The van der Waals surface area contributed by atoms with Crippen LogP contribution in [0.4, 0.5) is 0 Å². The minimum Gasteiger partial charge on any atom is -0.383 e. The topological polar surface area (TPSA) is 74.5 Å². The number of aromatic nitrogens is 2. The van der Waals surface area contributed by atoms with Gasteiger partial charge in [-0.3, -0.25) is 4.68 Å². The number of thiophene rings is 1. The lowest BCUT2D eigenvalue weighted by Crippen LogP contribution is -2.44. The van der Waals surface area contributed by atoms with Crippen LogP contribution in [-0.2, 0) is 32.0 Å². The number of guanidine groups is 1. The van der Waals surface area contributed by atoms with Gasteiger partial charge >= 0.3 is 0 Å². The molecule has 3 N–H and O–H groups in total. The van der Waals surface area contributed by atoms with Crippen molar-refractivity contribution in [2.75, 3.05) is 13.1 Å². The molecule has 2 aromatic rings. The predicted octanol–water partition coefficient (Wildman–Crippen LogP) is 2.96. The quantitative estimate of drug-likeness (QED) is 0.512. The van der Waals surface area contributed by atoms with Crippen molar-refractivity contribution in [2.45, 2.75) is 59.1 Å². The molecule has 154 valence electrons. The van der Waals surface area contributed by atoms with E-state index in [2.05, 4.69) is 35.6 Å². The number of aliphatic imine (C=N–C) groups is 1. The summed E-state index contributed by atoms with van der Waals surface area (Å²) < 4.78 is 1.70. The van der Waals surface area contributed by atoms with E-state index in [0.29, 0.717) is 18.5 Å². The van der Waals surface area contributed by atoms with Crippen molar-refractivity contribution < 1.29 is 5.11 Å². The second kappa shape index (κ2) is 8.25. The van der Waals surface area contributed by atoms with E-state index in [1.807, 2.05) is 31.5 Å². The molecule has 0 spiro atoms. The summed E-state index contributed by atoms with van der Waals surface area (Å²) in [7, 11) is 1.85. The molecule has 0 saturated heterocycles. The summed E-state index contributed by atoms with van der Waals surface area (Å²) in [5.74, 6) is 0.721. The Balaban J connectivity index is 1.64. The highest BCUT2D eigenvalue weighted by atomic mass is 32.1. The van der Waals surface area contributed by atoms with Crippen LogP contribution in [0.15, 0.2) is 23.5 Å². The lowest BCUT2D eigenvalue weighted by Gasteiger charge is -2.29. The van der Waals surface area contributed by atoms with Gasteiger partial charge in [0.2, 0.25) is 0 Å². The molecule has 0 aromatic carbocycles. The monoisotopic (exact) mass is 403 g/mol. The van der Waals surface area contributed by atoms with Crippen LogP contribution in [-0.4, -0.2) is 33.9 Å². The molecule has 0 saturated carbocycles. The first-order valence-corrected chi connectivity index (χ1v) is 10.8. The highest BCUT2D eigenvalue weighted by Gasteiger charge is 2.27. The average Bonchev–Trinajstić information content (AvgIpc) is 3.22. The van der Waals surface area contributed by atoms with E-state index in [4.69, 9.17) is 4.99 Å². The molecular weight excluding hydrogens is 370 g/mol. The predicted molar refractivity (Wildman–Crippen MR) is 116 cm³/mol. The fraction of sp³-hybridized carbons (Fsp3) is 0.619. The minimum atomic E-state index is -1.02. The summed E-state index contributed by atoms with van der Waals surface area (Å²) in [6.07, 6.45) is 7.14. The van der Waals surface area contributed by atoms with Gasteiger partial charge in [0.05, 0.1) is 19.3 Å². The van der Waals surface area contributed by atoms with Crippen molar-refractivity contribution in [1.29, 1.82) is 0 Å². The number of hydrogen-bond acceptors (Lipinski definition) is 4. The van der Waals surface area contributed by atoms with Gasteiger partial charge < -0.3 is 15.7 Å². The van der Waals surface area contributed by atoms with Crippen molar-refractivity contribution >= 4 is 17.3 Å². The van der Waals surface area contributed by atoms with Gasteiger partial charge in [-0.1, -0.05) is 13.8 Å². The minimum absolute atomic E-state index is 0.361. The van der Waals surface area contributed by atoms with Crippen LogP contribution < -0.4 is 10.6 Å². The van der Waals surface area contributed by atoms with Crippen molar-refractivity contribution in [1.82, 2.24) is 20.4 Å². The number of fused-ring (bicyclic) bond motifs is 1. The smallest absolute Gasteiger partial charge is 0.191 e. The number of nitrogens with one attached hydrogen (secondary N) is 2. The second-order valence-corrected chi connectivity index (χ2v) is 9.95. The Bertz CT molecular complexity index is 834. The van der Waals surface area contributed by atoms with E-state index < -0.39 is 5.60 Å². The van der Waals surface area contributed by atoms with Crippen LogP contribution in [0.25, 0.3) is 0 Å². The van der Waals surface area contributed by atoms with Gasteiger partial charge in [0.1, 0.15) is 5.60 Å². The summed E-state index contributed by atoms with van der Waals surface area (Å²) >= 11 is 1.90. The van der Waals surface area contributed by atoms with Gasteiger partial charge in [0.15, 0.2) is 5.96 Å². The van der Waals surface area contributed by atoms with Crippen LogP contribution in [0.1, 0.15) is 55.0 Å². The number of nitrogens with zero attached hydrogens (tertiary/aromatic N) is 3. The standard InChI is InChI=1S/C21H33N5OS/c1-6-22-19(24-14-21(4,27)16-11-25-26(5)13-16)23-12-17-9-15-10-20(2,3)8-7-18(15)28-17/h9,11,13,27H,6-8,10,12,14H2,1-5H3,(H2,22,23,24). The Kier molecular flexibility index (Phi) is 6.15. The summed E-state index contributed by atoms with van der Waals surface area (Å²) in [5, 5.41) is 21.5. The maximum atomic E-state index is 10.8. The molecule has 2 heterocycles. The highest BCUT2D eigenvalue weighted by molar-refractivity contribution is 7.12. The average molecular weight is 404 g/mol. The van der Waals surface area contributed by atoms with Crippen LogP contribution in [0.5, 0.6) is 0 Å². The summed E-state index contributed by atoms with van der Waals surface area (Å²) in [5.41, 5.74) is 1.68. The Morgan fingerprint density at radius 1 is 1.43 bits per heavy atom. The van der Waals surface area contributed by atoms with Crippen LogP contribution in [0.2, 0.25) is 0 Å². The van der Waals surface area contributed by atoms with Gasteiger partial charge in [-0.25, -0.2) is 4.99 Å². The largest absolute Gasteiger partial charge is 0.383 e. The van der Waals surface area contributed by atoms with Gasteiger partial charge in [-0.05, 0) is 50.2 Å². The van der Waals surface area contributed by atoms with Gasteiger partial charge in [-0.2, -0.15) is 5.10 Å². The summed E-state index contributed by atoms with van der Waals surface area (Å²) in [4.78, 5) is 7.57. The molecule has 0 aliphatic heterocycles. The van der Waals surface area contributed by atoms with Crippen LogP contribution >= 0.6 is 11.3 Å². The Hall–Kier alpha value is -1.86. The SMILES string of the molecule is CCNC(=NCc1cc2c(s1)CCC(C)(C)C2)NCC(C)(O)c1cnn(C)c1. The Morgan fingerprint density at radius 3 is 2.89 bits per heavy atom. The van der Waals surface area contributed by atoms with E-state index in [1.165, 1.54) is 28.2 Å². The van der Waals surface area contributed by atoms with Crippen molar-refractivity contribution in [2.24, 2.45) is 17.5 Å². The van der Waals surface area contributed by atoms with E-state index in [9.17, 15) is 5.11 Å². The molecule has 0 bridgehead atoms. The van der Waals surface area contributed by atoms with E-state index in [0.717, 1.165) is 24.5 Å². The maximum absolute atomic E-state index is 10.8. The van der Waals surface area contributed by atoms with Crippen molar-refractivity contribution in [3.05, 3.63) is 39.3 Å². The zero-order chi connectivity index (χ0) is 20.4. The first kappa shape index (κ1) is 20.9. The van der Waals surface area contributed by atoms with E-state index in [-0.39, 0.29) is 0 Å². The Morgan fingerprint density at radius 2 is 2.21 bits per heavy atom. The third kappa shape index (κ3) is 5.14. The van der Waals surface area contributed by atoms with E-state index in [1.54, 1.807) is 17.8 Å². The molecule has 0 amide bonds. The van der Waals surface area contributed by atoms with Crippen LogP contribution in [0, 0.1) is 5.41 Å². The molecule has 6 nitrogen and oxygen atoms in total. The van der Waals surface area contributed by atoms with Gasteiger partial charge in [0.25, 0.3) is 0 Å². The first-order valence-electron chi connectivity index (χ1n) is 10.0. The molecule has 1 aliphatic carbocycles. The molecule has 2 aromatic heterocycles. The zero-order valence-electron chi connectivity index (χ0n) is 17.7. The molecule has 0 radical (unpaired) electrons. The second-order valence-electron chi connectivity index (χ2n) is 8.73. The fourth-order valence-corrected chi connectivity index (χ4v) is 4.69. The normalized spacial score (nSPS) is 18.4. The molecule has 1 aliphatic rings.